The number of nitriles is 1. The predicted molar refractivity (Wildman–Crippen MR) is 178 cm³/mol. The first-order chi connectivity index (χ1) is 23.9. The van der Waals surface area contributed by atoms with E-state index in [0.717, 1.165) is 49.8 Å². The van der Waals surface area contributed by atoms with Crippen LogP contribution in [0.1, 0.15) is 44.6 Å². The lowest BCUT2D eigenvalue weighted by molar-refractivity contribution is 0.0730. The van der Waals surface area contributed by atoms with Crippen LogP contribution in [0.3, 0.4) is 0 Å². The molecule has 5 heterocycles. The van der Waals surface area contributed by atoms with Crippen molar-refractivity contribution in [3.8, 4) is 29.0 Å². The third kappa shape index (κ3) is 5.11. The first-order valence-corrected chi connectivity index (χ1v) is 17.6. The number of nitrogens with two attached hydrogens (primary N) is 1. The summed E-state index contributed by atoms with van der Waals surface area (Å²) in [5.74, 6) is -2.81. The number of hydrogen-bond acceptors (Lipinski definition) is 9. The van der Waals surface area contributed by atoms with Crippen molar-refractivity contribution in [2.24, 2.45) is 11.8 Å². The molecule has 4 aromatic rings. The Morgan fingerprint density at radius 1 is 1.20 bits per heavy atom. The minimum absolute atomic E-state index is 0.00351. The number of ether oxygens (including phenoxy) is 2. The Labute approximate surface area is 291 Å². The van der Waals surface area contributed by atoms with Gasteiger partial charge in [0.15, 0.2) is 11.6 Å². The van der Waals surface area contributed by atoms with E-state index in [0.29, 0.717) is 5.92 Å². The summed E-state index contributed by atoms with van der Waals surface area (Å²) >= 11 is 7.79. The molecule has 0 amide bonds. The van der Waals surface area contributed by atoms with Crippen molar-refractivity contribution in [2.45, 2.75) is 69.6 Å². The van der Waals surface area contributed by atoms with Crippen molar-refractivity contribution in [1.29, 1.82) is 5.26 Å². The van der Waals surface area contributed by atoms with Crippen LogP contribution in [0.2, 0.25) is 5.02 Å². The van der Waals surface area contributed by atoms with Crippen molar-refractivity contribution >= 4 is 54.7 Å². The fourth-order valence-electron chi connectivity index (χ4n) is 8.74. The van der Waals surface area contributed by atoms with Gasteiger partial charge in [-0.3, -0.25) is 4.90 Å². The van der Waals surface area contributed by atoms with E-state index in [9.17, 15) is 22.8 Å². The molecule has 3 aliphatic heterocycles. The van der Waals surface area contributed by atoms with Gasteiger partial charge in [-0.2, -0.15) is 15.2 Å². The molecule has 3 fully saturated rings. The van der Waals surface area contributed by atoms with Crippen LogP contribution in [0.15, 0.2) is 12.1 Å². The summed E-state index contributed by atoms with van der Waals surface area (Å²) in [5.41, 5.74) is 5.02. The summed E-state index contributed by atoms with van der Waals surface area (Å²) in [5, 5.41) is 9.51. The number of fused-ring (bicyclic) bond motifs is 3. The largest absolute Gasteiger partial charge is 0.486 e. The molecule has 1 aliphatic carbocycles. The van der Waals surface area contributed by atoms with Crippen LogP contribution in [0, 0.1) is 34.8 Å². The summed E-state index contributed by atoms with van der Waals surface area (Å²) in [4.78, 5) is 12.6. The maximum atomic E-state index is 17.2. The van der Waals surface area contributed by atoms with Crippen LogP contribution in [-0.4, -0.2) is 71.6 Å². The highest BCUT2D eigenvalue weighted by Crippen LogP contribution is 2.53. The third-order valence-corrected chi connectivity index (χ3v) is 12.1. The SMILES string of the molecule is C[C@H]1CN2CCC[C@@]2(COc2nc3c4c(c(Cl)c(-c5ccc(F)c6sc(N)c(C#N)c56)c(F)c4n2)OC2CC(C(F)F)CC2N3CC(F)F)C1. The Morgan fingerprint density at radius 2 is 2.00 bits per heavy atom. The van der Waals surface area contributed by atoms with E-state index in [1.165, 1.54) is 11.0 Å². The molecular weight excluding hydrogens is 706 g/mol. The summed E-state index contributed by atoms with van der Waals surface area (Å²) < 4.78 is 102. The fraction of sp³-hybridized carbons (Fsp3) is 0.500. The molecular formula is C34H31ClF6N6O2S. The molecule has 5 atom stereocenters. The Balaban J connectivity index is 1.37. The van der Waals surface area contributed by atoms with Crippen molar-refractivity contribution in [1.82, 2.24) is 14.9 Å². The summed E-state index contributed by atoms with van der Waals surface area (Å²) in [6, 6.07) is 3.04. The lowest BCUT2D eigenvalue weighted by Crippen LogP contribution is -2.45. The maximum absolute atomic E-state index is 17.2. The van der Waals surface area contributed by atoms with E-state index < -0.39 is 49.1 Å². The molecule has 264 valence electrons. The second kappa shape index (κ2) is 12.2. The van der Waals surface area contributed by atoms with Crippen LogP contribution in [0.4, 0.5) is 37.2 Å². The van der Waals surface area contributed by atoms with Crippen molar-refractivity contribution in [2.75, 3.05) is 36.9 Å². The van der Waals surface area contributed by atoms with E-state index in [-0.39, 0.29) is 90.3 Å². The van der Waals surface area contributed by atoms with E-state index in [1.807, 2.05) is 6.07 Å². The number of thiophene rings is 1. The van der Waals surface area contributed by atoms with Gasteiger partial charge in [0.2, 0.25) is 6.43 Å². The summed E-state index contributed by atoms with van der Waals surface area (Å²) in [6.45, 7) is 3.21. The smallest absolute Gasteiger partial charge is 0.319 e. The van der Waals surface area contributed by atoms with Gasteiger partial charge in [-0.1, -0.05) is 24.6 Å². The number of nitrogen functional groups attached to an aromatic ring is 1. The van der Waals surface area contributed by atoms with Gasteiger partial charge in [0.05, 0.1) is 38.8 Å². The molecule has 16 heteroatoms. The molecule has 2 saturated heterocycles. The number of aromatic nitrogens is 2. The van der Waals surface area contributed by atoms with E-state index in [4.69, 9.17) is 26.8 Å². The van der Waals surface area contributed by atoms with Crippen molar-refractivity contribution in [3.63, 3.8) is 0 Å². The third-order valence-electron chi connectivity index (χ3n) is 10.8. The average molecular weight is 737 g/mol. The number of halogens is 7. The molecule has 0 radical (unpaired) electrons. The molecule has 2 aromatic heterocycles. The molecule has 4 aliphatic rings. The minimum atomic E-state index is -2.91. The normalized spacial score (nSPS) is 26.1. The molecule has 50 heavy (non-hydrogen) atoms. The lowest BCUT2D eigenvalue weighted by Gasteiger charge is -2.32. The number of anilines is 2. The van der Waals surface area contributed by atoms with Crippen molar-refractivity contribution in [3.05, 3.63) is 34.4 Å². The lowest BCUT2D eigenvalue weighted by atomic mass is 9.92. The number of alkyl halides is 4. The standard InChI is InChI=1S/C34H31ClF6N6O2S/c1-14-9-34(5-2-6-46(34)11-14)13-48-33-44-27-24-28(49-20-8-15(30(40)41)7-19(20)47(12-21(37)38)32(24)45-33)25(35)23(26(27)39)16-3-4-18(36)29-22(16)17(10-42)31(43)50-29/h3-4,14-15,19-21,30H,2,5-9,11-13,43H2,1H3/t14-,15?,19?,20?,34+/m1/s1. The van der Waals surface area contributed by atoms with Gasteiger partial charge in [0.1, 0.15) is 40.9 Å². The van der Waals surface area contributed by atoms with Gasteiger partial charge < -0.3 is 20.1 Å². The minimum Gasteiger partial charge on any atom is -0.486 e. The Morgan fingerprint density at radius 3 is 2.74 bits per heavy atom. The number of nitrogens with zero attached hydrogens (tertiary/aromatic N) is 5. The second-order valence-corrected chi connectivity index (χ2v) is 15.3. The highest BCUT2D eigenvalue weighted by atomic mass is 35.5. The van der Waals surface area contributed by atoms with Gasteiger partial charge in [-0.25, -0.2) is 26.3 Å². The fourth-order valence-corrected chi connectivity index (χ4v) is 10.0. The highest BCUT2D eigenvalue weighted by Gasteiger charge is 2.49. The first kappa shape index (κ1) is 33.4. The Hall–Kier alpha value is -3.74. The summed E-state index contributed by atoms with van der Waals surface area (Å²) in [6.07, 6.45) is -4.38. The molecule has 2 N–H and O–H groups in total. The molecule has 0 spiro atoms. The Kier molecular flexibility index (Phi) is 8.15. The number of benzene rings is 2. The zero-order valence-electron chi connectivity index (χ0n) is 26.7. The number of hydrogen-bond donors (Lipinski definition) is 1. The number of rotatable bonds is 7. The monoisotopic (exact) mass is 736 g/mol. The van der Waals surface area contributed by atoms with Gasteiger partial charge in [0.25, 0.3) is 6.43 Å². The highest BCUT2D eigenvalue weighted by molar-refractivity contribution is 7.23. The van der Waals surface area contributed by atoms with Crippen molar-refractivity contribution < 1.29 is 35.8 Å². The van der Waals surface area contributed by atoms with Gasteiger partial charge >= 0.3 is 6.01 Å². The second-order valence-electron chi connectivity index (χ2n) is 13.8. The van der Waals surface area contributed by atoms with Crippen LogP contribution >= 0.6 is 22.9 Å². The average Bonchev–Trinajstić information content (AvgIpc) is 3.81. The van der Waals surface area contributed by atoms with Gasteiger partial charge in [-0.05, 0) is 56.2 Å². The van der Waals surface area contributed by atoms with E-state index >= 15 is 8.78 Å². The maximum Gasteiger partial charge on any atom is 0.319 e. The zero-order chi connectivity index (χ0) is 35.2. The molecule has 1 saturated carbocycles. The van der Waals surface area contributed by atoms with Gasteiger partial charge in [-0.15, -0.1) is 11.3 Å². The summed E-state index contributed by atoms with van der Waals surface area (Å²) in [7, 11) is 0. The molecule has 2 aromatic carbocycles. The molecule has 8 rings (SSSR count). The molecule has 8 nitrogen and oxygen atoms in total. The Bertz CT molecular complexity index is 2080. The van der Waals surface area contributed by atoms with Crippen LogP contribution in [-0.2, 0) is 0 Å². The van der Waals surface area contributed by atoms with Crippen LogP contribution in [0.5, 0.6) is 11.8 Å². The topological polar surface area (TPSA) is 101 Å². The van der Waals surface area contributed by atoms with E-state index in [2.05, 4.69) is 21.8 Å². The first-order valence-electron chi connectivity index (χ1n) is 16.4. The molecule has 3 unspecified atom stereocenters. The van der Waals surface area contributed by atoms with Crippen LogP contribution in [0.25, 0.3) is 32.1 Å². The quantitative estimate of drug-likeness (QED) is 0.191. The predicted octanol–water partition coefficient (Wildman–Crippen LogP) is 8.03. The van der Waals surface area contributed by atoms with Crippen LogP contribution < -0.4 is 20.1 Å². The van der Waals surface area contributed by atoms with Gasteiger partial charge in [0, 0.05) is 23.4 Å². The molecule has 0 bridgehead atoms. The zero-order valence-corrected chi connectivity index (χ0v) is 28.2. The van der Waals surface area contributed by atoms with E-state index in [1.54, 1.807) is 0 Å².